The number of aromatic nitrogens is 1. The van der Waals surface area contributed by atoms with Crippen molar-refractivity contribution in [3.8, 4) is 0 Å². The molecule has 1 heterocycles. The smallest absolute Gasteiger partial charge is 0.357 e. The van der Waals surface area contributed by atoms with Gasteiger partial charge in [0.15, 0.2) is 5.69 Å². The van der Waals surface area contributed by atoms with Gasteiger partial charge in [0, 0.05) is 37.6 Å². The predicted molar refractivity (Wildman–Crippen MR) is 98.8 cm³/mol. The Morgan fingerprint density at radius 2 is 2.04 bits per heavy atom. The molecule has 1 N–H and O–H groups in total. The molecule has 1 aromatic heterocycles. The highest BCUT2D eigenvalue weighted by molar-refractivity contribution is 6.30. The first-order valence-corrected chi connectivity index (χ1v) is 7.75. The van der Waals surface area contributed by atoms with Crippen molar-refractivity contribution in [1.82, 2.24) is 4.98 Å². The van der Waals surface area contributed by atoms with Crippen molar-refractivity contribution in [1.29, 1.82) is 0 Å². The minimum Gasteiger partial charge on any atom is -0.464 e. The number of hydrogen-bond donors (Lipinski definition) is 1. The van der Waals surface area contributed by atoms with Gasteiger partial charge in [-0.3, -0.25) is 0 Å². The van der Waals surface area contributed by atoms with E-state index in [2.05, 4.69) is 16.9 Å². The van der Waals surface area contributed by atoms with Gasteiger partial charge in [-0.25, -0.2) is 9.78 Å². The van der Waals surface area contributed by atoms with Crippen LogP contribution in [-0.2, 0) is 11.3 Å². The van der Waals surface area contributed by atoms with E-state index in [-0.39, 0.29) is 10.8 Å². The molecule has 2 rings (SSSR count). The van der Waals surface area contributed by atoms with E-state index in [4.69, 9.17) is 16.3 Å². The molecule has 24 heavy (non-hydrogen) atoms. The molecule has 1 aromatic carbocycles. The molecule has 0 bridgehead atoms. The van der Waals surface area contributed by atoms with Gasteiger partial charge in [0.2, 0.25) is 0 Å². The maximum Gasteiger partial charge on any atom is 0.357 e. The van der Waals surface area contributed by atoms with Gasteiger partial charge in [-0.15, -0.1) is 0 Å². The zero-order valence-corrected chi connectivity index (χ0v) is 14.7. The van der Waals surface area contributed by atoms with Gasteiger partial charge >= 0.3 is 5.97 Å². The molecule has 0 radical (unpaired) electrons. The molecule has 0 atom stereocenters. The average molecular weight is 346 g/mol. The maximum atomic E-state index is 11.8. The van der Waals surface area contributed by atoms with E-state index in [1.807, 2.05) is 43.3 Å². The van der Waals surface area contributed by atoms with Crippen LogP contribution in [0.3, 0.4) is 0 Å². The number of pyridine rings is 1. The van der Waals surface area contributed by atoms with E-state index in [1.54, 1.807) is 12.1 Å². The van der Waals surface area contributed by atoms with Crippen molar-refractivity contribution in [3.05, 3.63) is 58.9 Å². The van der Waals surface area contributed by atoms with E-state index < -0.39 is 5.97 Å². The van der Waals surface area contributed by atoms with Crippen LogP contribution in [0.5, 0.6) is 0 Å². The van der Waals surface area contributed by atoms with Crippen LogP contribution in [0.2, 0.25) is 5.15 Å². The molecule has 0 spiro atoms. The van der Waals surface area contributed by atoms with Crippen LogP contribution >= 0.6 is 11.6 Å². The zero-order valence-electron chi connectivity index (χ0n) is 14.0. The molecular formula is C18H20ClN3O2. The monoisotopic (exact) mass is 345 g/mol. The normalized spacial score (nSPS) is 10.2. The molecule has 0 aliphatic rings. The predicted octanol–water partition coefficient (Wildman–Crippen LogP) is 3.84. The molecular weight excluding hydrogens is 326 g/mol. The molecule has 0 aliphatic carbocycles. The number of anilines is 2. The van der Waals surface area contributed by atoms with Crippen LogP contribution in [-0.4, -0.2) is 32.2 Å². The molecule has 0 amide bonds. The summed E-state index contributed by atoms with van der Waals surface area (Å²) in [4.78, 5) is 17.9. The Hall–Kier alpha value is -2.53. The Labute approximate surface area is 146 Å². The van der Waals surface area contributed by atoms with Gasteiger partial charge in [0.25, 0.3) is 0 Å². The molecule has 0 aliphatic heterocycles. The van der Waals surface area contributed by atoms with Gasteiger partial charge < -0.3 is 15.0 Å². The fourth-order valence-electron chi connectivity index (χ4n) is 2.24. The first-order valence-electron chi connectivity index (χ1n) is 7.37. The zero-order chi connectivity index (χ0) is 17.7. The number of esters is 1. The van der Waals surface area contributed by atoms with E-state index in [0.29, 0.717) is 17.8 Å². The third-order valence-corrected chi connectivity index (χ3v) is 3.74. The molecule has 2 aromatic rings. The quantitative estimate of drug-likeness (QED) is 0.636. The lowest BCUT2D eigenvalue weighted by atomic mass is 10.1. The molecule has 0 saturated carbocycles. The largest absolute Gasteiger partial charge is 0.464 e. The van der Waals surface area contributed by atoms with E-state index in [9.17, 15) is 4.79 Å². The Morgan fingerprint density at radius 1 is 1.38 bits per heavy atom. The first kappa shape index (κ1) is 17.8. The Bertz CT molecular complexity index is 743. The van der Waals surface area contributed by atoms with Gasteiger partial charge in [-0.05, 0) is 23.8 Å². The first-order chi connectivity index (χ1) is 11.5. The number of hydrogen-bond acceptors (Lipinski definition) is 5. The van der Waals surface area contributed by atoms with Crippen molar-refractivity contribution < 1.29 is 9.53 Å². The summed E-state index contributed by atoms with van der Waals surface area (Å²) in [6.07, 6.45) is 1.56. The number of methoxy groups -OCH3 is 1. The van der Waals surface area contributed by atoms with Crippen LogP contribution < -0.4 is 10.2 Å². The second kappa shape index (κ2) is 7.84. The van der Waals surface area contributed by atoms with Crippen molar-refractivity contribution in [2.24, 2.45) is 0 Å². The molecule has 6 heteroatoms. The van der Waals surface area contributed by atoms with Gasteiger partial charge in [0.1, 0.15) is 5.15 Å². The van der Waals surface area contributed by atoms with Crippen LogP contribution in [0.1, 0.15) is 21.6 Å². The number of nitrogens with one attached hydrogen (secondary N) is 1. The SMILES string of the molecule is C=Cc1c(NCc2ccc(N(C)C)cc2)cc(Cl)nc1C(=O)OC. The fraction of sp³-hybridized carbons (Fsp3) is 0.222. The van der Waals surface area contributed by atoms with E-state index in [1.165, 1.54) is 7.11 Å². The van der Waals surface area contributed by atoms with E-state index in [0.717, 1.165) is 11.3 Å². The van der Waals surface area contributed by atoms with Gasteiger partial charge in [0.05, 0.1) is 7.11 Å². The summed E-state index contributed by atoms with van der Waals surface area (Å²) in [5.74, 6) is -0.550. The molecule has 0 fully saturated rings. The van der Waals surface area contributed by atoms with Crippen LogP contribution in [0.15, 0.2) is 36.9 Å². The topological polar surface area (TPSA) is 54.5 Å². The lowest BCUT2D eigenvalue weighted by molar-refractivity contribution is 0.0594. The van der Waals surface area contributed by atoms with Crippen LogP contribution in [0.25, 0.3) is 6.08 Å². The number of benzene rings is 1. The van der Waals surface area contributed by atoms with Crippen LogP contribution in [0, 0.1) is 0 Å². The van der Waals surface area contributed by atoms with Crippen molar-refractivity contribution in [2.75, 3.05) is 31.4 Å². The van der Waals surface area contributed by atoms with Gasteiger partial charge in [-0.2, -0.15) is 0 Å². The number of rotatable bonds is 6. The number of carbonyl (C=O) groups is 1. The minimum atomic E-state index is -0.550. The number of carbonyl (C=O) groups excluding carboxylic acids is 1. The number of ether oxygens (including phenoxy) is 1. The highest BCUT2D eigenvalue weighted by Crippen LogP contribution is 2.25. The minimum absolute atomic E-state index is 0.144. The fourth-order valence-corrected chi connectivity index (χ4v) is 2.43. The standard InChI is InChI=1S/C18H20ClN3O2/c1-5-14-15(10-16(19)21-17(14)18(23)24-4)20-11-12-6-8-13(9-7-12)22(2)3/h5-10H,1,11H2,2-4H3,(H,20,21). The lowest BCUT2D eigenvalue weighted by Gasteiger charge is -2.15. The number of halogens is 1. The van der Waals surface area contributed by atoms with Crippen molar-refractivity contribution >= 4 is 35.0 Å². The summed E-state index contributed by atoms with van der Waals surface area (Å²) in [5.41, 5.74) is 3.62. The second-order valence-electron chi connectivity index (χ2n) is 5.36. The summed E-state index contributed by atoms with van der Waals surface area (Å²) in [6.45, 7) is 4.33. The summed E-state index contributed by atoms with van der Waals surface area (Å²) in [7, 11) is 5.30. The lowest BCUT2D eigenvalue weighted by Crippen LogP contribution is -2.11. The Kier molecular flexibility index (Phi) is 5.82. The average Bonchev–Trinajstić information content (AvgIpc) is 2.59. The van der Waals surface area contributed by atoms with Crippen molar-refractivity contribution in [3.63, 3.8) is 0 Å². The second-order valence-corrected chi connectivity index (χ2v) is 5.75. The Balaban J connectivity index is 2.24. The third kappa shape index (κ3) is 4.06. The summed E-state index contributed by atoms with van der Waals surface area (Å²) >= 11 is 6.02. The summed E-state index contributed by atoms with van der Waals surface area (Å²) in [6, 6.07) is 9.84. The summed E-state index contributed by atoms with van der Waals surface area (Å²) in [5, 5.41) is 3.49. The van der Waals surface area contributed by atoms with Gasteiger partial charge in [-0.1, -0.05) is 36.4 Å². The highest BCUT2D eigenvalue weighted by Gasteiger charge is 2.17. The number of nitrogens with zero attached hydrogens (tertiary/aromatic N) is 2. The Morgan fingerprint density at radius 3 is 2.58 bits per heavy atom. The summed E-state index contributed by atoms with van der Waals surface area (Å²) < 4.78 is 4.75. The molecule has 0 unspecified atom stereocenters. The maximum absolute atomic E-state index is 11.8. The third-order valence-electron chi connectivity index (χ3n) is 3.55. The molecule has 5 nitrogen and oxygen atoms in total. The molecule has 0 saturated heterocycles. The van der Waals surface area contributed by atoms with Crippen molar-refractivity contribution in [2.45, 2.75) is 6.54 Å². The van der Waals surface area contributed by atoms with E-state index >= 15 is 0 Å². The van der Waals surface area contributed by atoms with Crippen LogP contribution in [0.4, 0.5) is 11.4 Å². The molecule has 126 valence electrons. The highest BCUT2D eigenvalue weighted by atomic mass is 35.5.